The number of imide groups is 1. The van der Waals surface area contributed by atoms with Crippen LogP contribution < -0.4 is 5.32 Å². The summed E-state index contributed by atoms with van der Waals surface area (Å²) in [6.45, 7) is 6.58. The first-order valence-electron chi connectivity index (χ1n) is 11.0. The summed E-state index contributed by atoms with van der Waals surface area (Å²) in [5.41, 5.74) is 4.11. The lowest BCUT2D eigenvalue weighted by Crippen LogP contribution is -2.30. The molecular formula is C27H26N2O3S. The summed E-state index contributed by atoms with van der Waals surface area (Å²) in [5, 5.41) is 2.87. The van der Waals surface area contributed by atoms with Crippen molar-refractivity contribution in [2.45, 2.75) is 43.4 Å². The lowest BCUT2D eigenvalue weighted by Gasteiger charge is -2.12. The number of rotatable bonds is 7. The Hall–Kier alpha value is -3.38. The Bertz CT molecular complexity index is 1230. The largest absolute Gasteiger partial charge is 0.322 e. The van der Waals surface area contributed by atoms with E-state index in [4.69, 9.17) is 0 Å². The molecular weight excluding hydrogens is 432 g/mol. The number of hydrogen-bond donors (Lipinski definition) is 1. The molecule has 0 saturated heterocycles. The van der Waals surface area contributed by atoms with Gasteiger partial charge in [-0.15, -0.1) is 0 Å². The molecule has 0 unspecified atom stereocenters. The van der Waals surface area contributed by atoms with Crippen molar-refractivity contribution < 1.29 is 14.4 Å². The van der Waals surface area contributed by atoms with Gasteiger partial charge in [-0.25, -0.2) is 0 Å². The molecule has 0 aromatic heterocycles. The second-order valence-electron chi connectivity index (χ2n) is 8.23. The van der Waals surface area contributed by atoms with Crippen molar-refractivity contribution in [1.29, 1.82) is 0 Å². The molecule has 0 aliphatic carbocycles. The molecule has 33 heavy (non-hydrogen) atoms. The Morgan fingerprint density at radius 1 is 0.909 bits per heavy atom. The lowest BCUT2D eigenvalue weighted by molar-refractivity contribution is 0.0652. The Kier molecular flexibility index (Phi) is 6.65. The molecule has 1 aliphatic heterocycles. The van der Waals surface area contributed by atoms with Crippen LogP contribution in [-0.4, -0.2) is 29.2 Å². The van der Waals surface area contributed by atoms with Crippen molar-refractivity contribution in [3.63, 3.8) is 0 Å². The summed E-state index contributed by atoms with van der Waals surface area (Å²) in [5.74, 6) is -0.932. The fourth-order valence-corrected chi connectivity index (χ4v) is 4.71. The van der Waals surface area contributed by atoms with E-state index >= 15 is 0 Å². The molecule has 0 spiro atoms. The van der Waals surface area contributed by atoms with Gasteiger partial charge in [0, 0.05) is 27.6 Å². The number of benzene rings is 3. The number of aryl methyl sites for hydroxylation is 2. The van der Waals surface area contributed by atoms with E-state index in [9.17, 15) is 14.4 Å². The van der Waals surface area contributed by atoms with Crippen LogP contribution >= 0.6 is 11.8 Å². The highest BCUT2D eigenvalue weighted by Gasteiger charge is 2.35. The topological polar surface area (TPSA) is 66.5 Å². The highest BCUT2D eigenvalue weighted by atomic mass is 32.2. The summed E-state index contributed by atoms with van der Waals surface area (Å²) in [6.07, 6.45) is 1.65. The number of amides is 3. The van der Waals surface area contributed by atoms with Gasteiger partial charge in [-0.1, -0.05) is 37.2 Å². The number of fused-ring (bicyclic) bond motifs is 1. The van der Waals surface area contributed by atoms with Crippen molar-refractivity contribution in [1.82, 2.24) is 4.90 Å². The van der Waals surface area contributed by atoms with E-state index in [1.54, 1.807) is 23.9 Å². The molecule has 3 amide bonds. The number of anilines is 1. The van der Waals surface area contributed by atoms with Gasteiger partial charge in [-0.05, 0) is 79.9 Å². The van der Waals surface area contributed by atoms with Gasteiger partial charge < -0.3 is 5.32 Å². The van der Waals surface area contributed by atoms with Crippen LogP contribution in [0.3, 0.4) is 0 Å². The van der Waals surface area contributed by atoms with E-state index in [0.29, 0.717) is 28.9 Å². The zero-order valence-corrected chi connectivity index (χ0v) is 19.8. The maximum Gasteiger partial charge on any atom is 0.261 e. The normalized spacial score (nSPS) is 12.8. The van der Waals surface area contributed by atoms with Crippen molar-refractivity contribution in [3.05, 3.63) is 88.5 Å². The van der Waals surface area contributed by atoms with Gasteiger partial charge in [0.05, 0.1) is 11.1 Å². The Labute approximate surface area is 198 Å². The molecule has 168 valence electrons. The molecule has 0 radical (unpaired) electrons. The van der Waals surface area contributed by atoms with Crippen LogP contribution in [0, 0.1) is 13.8 Å². The van der Waals surface area contributed by atoms with E-state index in [-0.39, 0.29) is 17.7 Å². The quantitative estimate of drug-likeness (QED) is 0.434. The van der Waals surface area contributed by atoms with E-state index in [2.05, 4.69) is 37.4 Å². The minimum atomic E-state index is -0.328. The monoisotopic (exact) mass is 458 g/mol. The molecule has 4 rings (SSSR count). The van der Waals surface area contributed by atoms with Crippen LogP contribution in [0.2, 0.25) is 0 Å². The molecule has 6 heteroatoms. The number of hydrogen-bond acceptors (Lipinski definition) is 4. The van der Waals surface area contributed by atoms with Crippen molar-refractivity contribution in [3.8, 4) is 0 Å². The SMILES string of the molecule is CCCCN1C(=O)c2ccc(C(=O)Nc3ccc(Sc4cc(C)ccc4C)cc3)cc2C1=O. The fourth-order valence-electron chi connectivity index (χ4n) is 3.71. The fraction of sp³-hybridized carbons (Fsp3) is 0.222. The van der Waals surface area contributed by atoms with Gasteiger partial charge >= 0.3 is 0 Å². The Morgan fingerprint density at radius 2 is 1.64 bits per heavy atom. The molecule has 3 aromatic carbocycles. The number of unbranched alkanes of at least 4 members (excludes halogenated alkanes) is 1. The van der Waals surface area contributed by atoms with E-state index in [1.807, 2.05) is 31.2 Å². The molecule has 1 heterocycles. The van der Waals surface area contributed by atoms with Gasteiger partial charge in [0.25, 0.3) is 17.7 Å². The third kappa shape index (κ3) is 4.86. The average molecular weight is 459 g/mol. The van der Waals surface area contributed by atoms with E-state index in [0.717, 1.165) is 17.7 Å². The zero-order chi connectivity index (χ0) is 23.5. The van der Waals surface area contributed by atoms with Gasteiger partial charge in [0.15, 0.2) is 0 Å². The maximum atomic E-state index is 12.8. The molecule has 0 atom stereocenters. The van der Waals surface area contributed by atoms with Crippen molar-refractivity contribution in [2.24, 2.45) is 0 Å². The maximum absolute atomic E-state index is 12.8. The lowest BCUT2D eigenvalue weighted by atomic mass is 10.1. The predicted octanol–water partition coefficient (Wildman–Crippen LogP) is 6.10. The average Bonchev–Trinajstić information content (AvgIpc) is 3.05. The van der Waals surface area contributed by atoms with Crippen molar-refractivity contribution >= 4 is 35.2 Å². The van der Waals surface area contributed by atoms with Gasteiger partial charge in [-0.2, -0.15) is 0 Å². The first-order chi connectivity index (χ1) is 15.9. The molecule has 3 aromatic rings. The van der Waals surface area contributed by atoms with Crippen LogP contribution in [0.5, 0.6) is 0 Å². The third-order valence-corrected chi connectivity index (χ3v) is 6.82. The first-order valence-corrected chi connectivity index (χ1v) is 11.9. The molecule has 5 nitrogen and oxygen atoms in total. The van der Waals surface area contributed by atoms with Crippen LogP contribution in [-0.2, 0) is 0 Å². The van der Waals surface area contributed by atoms with Gasteiger partial charge in [-0.3, -0.25) is 19.3 Å². The summed E-state index contributed by atoms with van der Waals surface area (Å²) < 4.78 is 0. The van der Waals surface area contributed by atoms with Crippen LogP contribution in [0.1, 0.15) is 62.0 Å². The van der Waals surface area contributed by atoms with Crippen molar-refractivity contribution in [2.75, 3.05) is 11.9 Å². The highest BCUT2D eigenvalue weighted by Crippen LogP contribution is 2.32. The van der Waals surface area contributed by atoms with Crippen LogP contribution in [0.15, 0.2) is 70.5 Å². The van der Waals surface area contributed by atoms with Crippen LogP contribution in [0.4, 0.5) is 5.69 Å². The first kappa shape index (κ1) is 22.8. The number of carbonyl (C=O) groups excluding carboxylic acids is 3. The second kappa shape index (κ2) is 9.63. The summed E-state index contributed by atoms with van der Waals surface area (Å²) in [4.78, 5) is 41.5. The molecule has 1 N–H and O–H groups in total. The predicted molar refractivity (Wildman–Crippen MR) is 131 cm³/mol. The minimum absolute atomic E-state index is 0.285. The minimum Gasteiger partial charge on any atom is -0.322 e. The Balaban J connectivity index is 1.45. The highest BCUT2D eigenvalue weighted by molar-refractivity contribution is 7.99. The van der Waals surface area contributed by atoms with E-state index < -0.39 is 0 Å². The van der Waals surface area contributed by atoms with Crippen LogP contribution in [0.25, 0.3) is 0 Å². The molecule has 0 saturated carbocycles. The molecule has 0 bridgehead atoms. The van der Waals surface area contributed by atoms with Gasteiger partial charge in [0.1, 0.15) is 0 Å². The van der Waals surface area contributed by atoms with Gasteiger partial charge in [0.2, 0.25) is 0 Å². The molecule has 0 fully saturated rings. The summed E-state index contributed by atoms with van der Waals surface area (Å²) in [6, 6.07) is 18.7. The molecule has 1 aliphatic rings. The van der Waals surface area contributed by atoms with E-state index in [1.165, 1.54) is 27.0 Å². The second-order valence-corrected chi connectivity index (χ2v) is 9.34. The zero-order valence-electron chi connectivity index (χ0n) is 19.0. The Morgan fingerprint density at radius 3 is 2.36 bits per heavy atom. The standard InChI is InChI=1S/C27H26N2O3S/c1-4-5-14-29-26(31)22-13-8-19(16-23(22)27(29)32)25(30)28-20-9-11-21(12-10-20)33-24-15-17(2)6-7-18(24)3/h6-13,15-16H,4-5,14H2,1-3H3,(H,28,30). The summed E-state index contributed by atoms with van der Waals surface area (Å²) in [7, 11) is 0. The number of nitrogens with zero attached hydrogens (tertiary/aromatic N) is 1. The third-order valence-electron chi connectivity index (χ3n) is 5.65. The number of carbonyl (C=O) groups is 3. The smallest absolute Gasteiger partial charge is 0.261 e. The number of nitrogens with one attached hydrogen (secondary N) is 1. The summed E-state index contributed by atoms with van der Waals surface area (Å²) >= 11 is 1.69.